The second-order valence-electron chi connectivity index (χ2n) is 7.17. The molecule has 2 aliphatic rings. The van der Waals surface area contributed by atoms with Gasteiger partial charge in [0.05, 0.1) is 4.90 Å². The SMILES string of the molecule is CC1CCN([C@@H]2CC[C@H](N(C)S(=O)(=O)c3ccccc3)C2)CC1. The molecule has 0 radical (unpaired) electrons. The normalized spacial score (nSPS) is 27.6. The summed E-state index contributed by atoms with van der Waals surface area (Å²) in [6.45, 7) is 4.68. The van der Waals surface area contributed by atoms with Crippen LogP contribution in [0.15, 0.2) is 35.2 Å². The summed E-state index contributed by atoms with van der Waals surface area (Å²) in [5.41, 5.74) is 0. The Kier molecular flexibility index (Phi) is 5.09. The van der Waals surface area contributed by atoms with Crippen LogP contribution >= 0.6 is 0 Å². The third kappa shape index (κ3) is 3.62. The quantitative estimate of drug-likeness (QED) is 0.849. The Hall–Kier alpha value is -0.910. The highest BCUT2D eigenvalue weighted by Crippen LogP contribution is 2.32. The maximum absolute atomic E-state index is 12.8. The van der Waals surface area contributed by atoms with Crippen LogP contribution in [0.2, 0.25) is 0 Å². The highest BCUT2D eigenvalue weighted by molar-refractivity contribution is 7.89. The van der Waals surface area contributed by atoms with E-state index in [0.29, 0.717) is 10.9 Å². The van der Waals surface area contributed by atoms with Gasteiger partial charge in [-0.3, -0.25) is 0 Å². The second-order valence-corrected chi connectivity index (χ2v) is 9.17. The lowest BCUT2D eigenvalue weighted by atomic mass is 9.97. The predicted molar refractivity (Wildman–Crippen MR) is 92.8 cm³/mol. The van der Waals surface area contributed by atoms with Crippen molar-refractivity contribution in [2.45, 2.75) is 56.0 Å². The van der Waals surface area contributed by atoms with Crippen molar-refractivity contribution in [3.63, 3.8) is 0 Å². The van der Waals surface area contributed by atoms with Crippen molar-refractivity contribution in [2.24, 2.45) is 5.92 Å². The van der Waals surface area contributed by atoms with Crippen LogP contribution < -0.4 is 0 Å². The number of hydrogen-bond acceptors (Lipinski definition) is 3. The van der Waals surface area contributed by atoms with Crippen molar-refractivity contribution >= 4 is 10.0 Å². The molecule has 5 heteroatoms. The van der Waals surface area contributed by atoms with Gasteiger partial charge in [-0.05, 0) is 63.2 Å². The molecule has 23 heavy (non-hydrogen) atoms. The number of rotatable bonds is 4. The van der Waals surface area contributed by atoms with Crippen molar-refractivity contribution in [3.05, 3.63) is 30.3 Å². The van der Waals surface area contributed by atoms with E-state index in [1.807, 2.05) is 6.07 Å². The van der Waals surface area contributed by atoms with Gasteiger partial charge in [0, 0.05) is 19.1 Å². The molecule has 1 saturated heterocycles. The zero-order valence-corrected chi connectivity index (χ0v) is 15.0. The Bertz CT molecular complexity index is 609. The largest absolute Gasteiger partial charge is 0.300 e. The zero-order valence-electron chi connectivity index (χ0n) is 14.2. The molecule has 2 fully saturated rings. The molecule has 1 aromatic rings. The van der Waals surface area contributed by atoms with Crippen LogP contribution in [0, 0.1) is 5.92 Å². The minimum Gasteiger partial charge on any atom is -0.300 e. The average molecular weight is 337 g/mol. The first-order chi connectivity index (χ1) is 11.0. The molecule has 1 saturated carbocycles. The number of benzene rings is 1. The van der Waals surface area contributed by atoms with Crippen molar-refractivity contribution in [1.29, 1.82) is 0 Å². The minimum absolute atomic E-state index is 0.129. The molecular formula is C18H28N2O2S. The van der Waals surface area contributed by atoms with E-state index in [-0.39, 0.29) is 6.04 Å². The minimum atomic E-state index is -3.37. The molecule has 128 valence electrons. The number of likely N-dealkylation sites (tertiary alicyclic amines) is 1. The van der Waals surface area contributed by atoms with E-state index in [9.17, 15) is 8.42 Å². The standard InChI is InChI=1S/C18H28N2O2S/c1-15-10-12-20(13-11-15)17-9-8-16(14-17)19(2)23(21,22)18-6-4-3-5-7-18/h3-7,15-17H,8-14H2,1-2H3/t16-,17+/m0/s1. The first-order valence-electron chi connectivity index (χ1n) is 8.75. The third-order valence-electron chi connectivity index (χ3n) is 5.65. The molecule has 0 amide bonds. The first-order valence-corrected chi connectivity index (χ1v) is 10.2. The maximum atomic E-state index is 12.8. The molecule has 0 unspecified atom stereocenters. The lowest BCUT2D eigenvalue weighted by Crippen LogP contribution is -2.41. The molecule has 3 rings (SSSR count). The number of sulfonamides is 1. The van der Waals surface area contributed by atoms with Gasteiger partial charge in [0.15, 0.2) is 0 Å². The van der Waals surface area contributed by atoms with E-state index in [1.54, 1.807) is 35.6 Å². The molecule has 1 aliphatic carbocycles. The zero-order chi connectivity index (χ0) is 16.4. The van der Waals surface area contributed by atoms with Crippen LogP contribution in [0.25, 0.3) is 0 Å². The van der Waals surface area contributed by atoms with E-state index in [4.69, 9.17) is 0 Å². The van der Waals surface area contributed by atoms with Crippen LogP contribution in [-0.4, -0.2) is 49.8 Å². The monoisotopic (exact) mass is 336 g/mol. The first kappa shape index (κ1) is 16.9. The summed E-state index contributed by atoms with van der Waals surface area (Å²) in [4.78, 5) is 2.99. The molecule has 1 aromatic carbocycles. The summed E-state index contributed by atoms with van der Waals surface area (Å²) < 4.78 is 27.1. The Morgan fingerprint density at radius 2 is 1.70 bits per heavy atom. The van der Waals surface area contributed by atoms with E-state index >= 15 is 0 Å². The molecule has 0 N–H and O–H groups in total. The lowest BCUT2D eigenvalue weighted by molar-refractivity contribution is 0.136. The van der Waals surface area contributed by atoms with Crippen molar-refractivity contribution in [1.82, 2.24) is 9.21 Å². The highest BCUT2D eigenvalue weighted by atomic mass is 32.2. The summed E-state index contributed by atoms with van der Waals surface area (Å²) in [6, 6.07) is 9.47. The van der Waals surface area contributed by atoms with Gasteiger partial charge < -0.3 is 4.90 Å². The summed E-state index contributed by atoms with van der Waals surface area (Å²) in [5, 5.41) is 0. The molecule has 1 heterocycles. The Morgan fingerprint density at radius 1 is 1.04 bits per heavy atom. The Morgan fingerprint density at radius 3 is 2.35 bits per heavy atom. The number of hydrogen-bond donors (Lipinski definition) is 0. The van der Waals surface area contributed by atoms with Gasteiger partial charge in [0.2, 0.25) is 10.0 Å². The molecule has 1 aliphatic heterocycles. The highest BCUT2D eigenvalue weighted by Gasteiger charge is 2.36. The summed E-state index contributed by atoms with van der Waals surface area (Å²) in [6.07, 6.45) is 5.61. The third-order valence-corrected chi connectivity index (χ3v) is 7.57. The van der Waals surface area contributed by atoms with Gasteiger partial charge >= 0.3 is 0 Å². The van der Waals surface area contributed by atoms with Gasteiger partial charge in [-0.25, -0.2) is 8.42 Å². The van der Waals surface area contributed by atoms with Crippen LogP contribution in [0.4, 0.5) is 0 Å². The molecule has 4 nitrogen and oxygen atoms in total. The van der Waals surface area contributed by atoms with Gasteiger partial charge in [-0.1, -0.05) is 25.1 Å². The van der Waals surface area contributed by atoms with E-state index < -0.39 is 10.0 Å². The summed E-state index contributed by atoms with van der Waals surface area (Å²) in [7, 11) is -1.63. The number of nitrogens with zero attached hydrogens (tertiary/aromatic N) is 2. The van der Waals surface area contributed by atoms with Crippen molar-refractivity contribution < 1.29 is 8.42 Å². The smallest absolute Gasteiger partial charge is 0.243 e. The van der Waals surface area contributed by atoms with Crippen LogP contribution in [0.3, 0.4) is 0 Å². The fourth-order valence-electron chi connectivity index (χ4n) is 3.95. The Balaban J connectivity index is 1.64. The lowest BCUT2D eigenvalue weighted by Gasteiger charge is -2.35. The van der Waals surface area contributed by atoms with Crippen LogP contribution in [0.5, 0.6) is 0 Å². The van der Waals surface area contributed by atoms with Gasteiger partial charge in [0.1, 0.15) is 0 Å². The van der Waals surface area contributed by atoms with Gasteiger partial charge in [-0.15, -0.1) is 0 Å². The molecule has 0 spiro atoms. The van der Waals surface area contributed by atoms with E-state index in [2.05, 4.69) is 11.8 Å². The molecule has 0 aromatic heterocycles. The molecule has 2 atom stereocenters. The summed E-state index contributed by atoms with van der Waals surface area (Å²) >= 11 is 0. The van der Waals surface area contributed by atoms with Crippen LogP contribution in [0.1, 0.15) is 39.0 Å². The fourth-order valence-corrected chi connectivity index (χ4v) is 5.36. The van der Waals surface area contributed by atoms with Crippen molar-refractivity contribution in [2.75, 3.05) is 20.1 Å². The topological polar surface area (TPSA) is 40.6 Å². The van der Waals surface area contributed by atoms with Gasteiger partial charge in [0.25, 0.3) is 0 Å². The number of piperidine rings is 1. The Labute approximate surface area is 140 Å². The summed E-state index contributed by atoms with van der Waals surface area (Å²) in [5.74, 6) is 0.838. The molecular weight excluding hydrogens is 308 g/mol. The van der Waals surface area contributed by atoms with Gasteiger partial charge in [-0.2, -0.15) is 4.31 Å². The maximum Gasteiger partial charge on any atom is 0.243 e. The second kappa shape index (κ2) is 6.91. The average Bonchev–Trinajstić information content (AvgIpc) is 3.05. The van der Waals surface area contributed by atoms with Crippen molar-refractivity contribution in [3.8, 4) is 0 Å². The fraction of sp³-hybridized carbons (Fsp3) is 0.667. The van der Waals surface area contributed by atoms with Crippen LogP contribution in [-0.2, 0) is 10.0 Å². The molecule has 0 bridgehead atoms. The van der Waals surface area contributed by atoms with E-state index in [1.165, 1.54) is 25.9 Å². The van der Waals surface area contributed by atoms with E-state index in [0.717, 1.165) is 25.2 Å². The predicted octanol–water partition coefficient (Wildman–Crippen LogP) is 2.96.